The number of carbonyl (C=O) groups excluding carboxylic acids is 1. The van der Waals surface area contributed by atoms with E-state index in [9.17, 15) is 4.79 Å². The average molecular weight is 331 g/mol. The monoisotopic (exact) mass is 331 g/mol. The van der Waals surface area contributed by atoms with Gasteiger partial charge in [-0.1, -0.05) is 0 Å². The van der Waals surface area contributed by atoms with E-state index >= 15 is 0 Å². The molecular formula is C16H21N5O3. The molecule has 0 saturated carbocycles. The van der Waals surface area contributed by atoms with Gasteiger partial charge in [-0.3, -0.25) is 0 Å². The molecule has 24 heavy (non-hydrogen) atoms. The average Bonchev–Trinajstić information content (AvgIpc) is 2.51. The molecule has 3 heterocycles. The number of ether oxygens (including phenoxy) is 2. The summed E-state index contributed by atoms with van der Waals surface area (Å²) >= 11 is 0. The van der Waals surface area contributed by atoms with Crippen molar-refractivity contribution in [2.45, 2.75) is 32.4 Å². The summed E-state index contributed by atoms with van der Waals surface area (Å²) in [6.45, 7) is 7.58. The van der Waals surface area contributed by atoms with Crippen molar-refractivity contribution in [1.82, 2.24) is 9.88 Å². The second-order valence-electron chi connectivity index (χ2n) is 6.94. The summed E-state index contributed by atoms with van der Waals surface area (Å²) in [7, 11) is 0. The minimum atomic E-state index is -0.523. The van der Waals surface area contributed by atoms with Crippen molar-refractivity contribution in [2.24, 2.45) is 0 Å². The Labute approximate surface area is 140 Å². The third kappa shape index (κ3) is 3.02. The molecule has 128 valence electrons. The fourth-order valence-corrected chi connectivity index (χ4v) is 2.86. The Morgan fingerprint density at radius 3 is 2.92 bits per heavy atom. The summed E-state index contributed by atoms with van der Waals surface area (Å²) in [6, 6.07) is 3.60. The number of hydrogen-bond donors (Lipinski definition) is 1. The molecule has 0 aromatic carbocycles. The topological polar surface area (TPSA) is 105 Å². The first kappa shape index (κ1) is 16.2. The first-order valence-electron chi connectivity index (χ1n) is 7.86. The smallest absolute Gasteiger partial charge is 0.410 e. The Kier molecular flexibility index (Phi) is 3.87. The lowest BCUT2D eigenvalue weighted by Crippen LogP contribution is -2.59. The number of hydrogen-bond acceptors (Lipinski definition) is 7. The van der Waals surface area contributed by atoms with Crippen LogP contribution in [0.3, 0.4) is 0 Å². The molecule has 2 aliphatic rings. The molecule has 0 radical (unpaired) electrons. The maximum Gasteiger partial charge on any atom is 0.410 e. The van der Waals surface area contributed by atoms with Gasteiger partial charge in [0.05, 0.1) is 11.7 Å². The molecule has 2 aliphatic heterocycles. The number of amides is 1. The molecule has 0 unspecified atom stereocenters. The summed E-state index contributed by atoms with van der Waals surface area (Å²) in [6.07, 6.45) is -0.323. The largest absolute Gasteiger partial charge is 0.487 e. The van der Waals surface area contributed by atoms with E-state index in [-0.39, 0.29) is 17.8 Å². The number of anilines is 2. The predicted molar refractivity (Wildman–Crippen MR) is 87.8 cm³/mol. The zero-order chi connectivity index (χ0) is 17.5. The molecule has 3 rings (SSSR count). The van der Waals surface area contributed by atoms with Crippen LogP contribution in [0.25, 0.3) is 0 Å². The lowest BCUT2D eigenvalue weighted by Gasteiger charge is -2.44. The molecule has 1 saturated heterocycles. The van der Waals surface area contributed by atoms with Gasteiger partial charge in [-0.15, -0.1) is 0 Å². The summed E-state index contributed by atoms with van der Waals surface area (Å²) in [5, 5.41) is 9.12. The number of nitrogens with two attached hydrogens (primary N) is 1. The number of nitrogens with zero attached hydrogens (tertiary/aromatic N) is 4. The fourth-order valence-electron chi connectivity index (χ4n) is 2.86. The highest BCUT2D eigenvalue weighted by atomic mass is 16.6. The number of pyridine rings is 1. The Morgan fingerprint density at radius 2 is 2.25 bits per heavy atom. The minimum Gasteiger partial charge on any atom is -0.487 e. The summed E-state index contributed by atoms with van der Waals surface area (Å²) < 4.78 is 11.2. The highest BCUT2D eigenvalue weighted by Crippen LogP contribution is 2.36. The van der Waals surface area contributed by atoms with E-state index in [4.69, 9.17) is 20.5 Å². The second kappa shape index (κ2) is 5.74. The van der Waals surface area contributed by atoms with Crippen molar-refractivity contribution in [1.29, 1.82) is 5.26 Å². The Hall–Kier alpha value is -2.69. The van der Waals surface area contributed by atoms with Gasteiger partial charge in [0.25, 0.3) is 0 Å². The van der Waals surface area contributed by atoms with E-state index in [1.54, 1.807) is 11.0 Å². The van der Waals surface area contributed by atoms with Crippen LogP contribution in [-0.2, 0) is 4.74 Å². The Bertz CT molecular complexity index is 707. The Balaban J connectivity index is 1.78. The number of piperazine rings is 1. The highest BCUT2D eigenvalue weighted by molar-refractivity contribution is 5.70. The van der Waals surface area contributed by atoms with Crippen LogP contribution < -0.4 is 15.4 Å². The molecule has 0 bridgehead atoms. The van der Waals surface area contributed by atoms with Crippen LogP contribution >= 0.6 is 0 Å². The maximum absolute atomic E-state index is 12.2. The number of nitriles is 1. The lowest BCUT2D eigenvalue weighted by atomic mass is 10.1. The van der Waals surface area contributed by atoms with E-state index in [1.165, 1.54) is 0 Å². The van der Waals surface area contributed by atoms with Crippen LogP contribution in [0, 0.1) is 11.3 Å². The molecule has 1 atom stereocenters. The zero-order valence-corrected chi connectivity index (χ0v) is 14.1. The second-order valence-corrected chi connectivity index (χ2v) is 6.94. The lowest BCUT2D eigenvalue weighted by molar-refractivity contribution is 0.0194. The van der Waals surface area contributed by atoms with Crippen molar-refractivity contribution in [3.63, 3.8) is 0 Å². The van der Waals surface area contributed by atoms with E-state index in [2.05, 4.69) is 9.88 Å². The van der Waals surface area contributed by atoms with Crippen molar-refractivity contribution >= 4 is 17.6 Å². The molecule has 8 nitrogen and oxygen atoms in total. The van der Waals surface area contributed by atoms with E-state index in [0.717, 1.165) is 0 Å². The number of fused-ring (bicyclic) bond motifs is 3. The number of aromatic nitrogens is 1. The zero-order valence-electron chi connectivity index (χ0n) is 14.1. The van der Waals surface area contributed by atoms with Gasteiger partial charge in [0.15, 0.2) is 17.3 Å². The van der Waals surface area contributed by atoms with Gasteiger partial charge in [0, 0.05) is 25.7 Å². The van der Waals surface area contributed by atoms with E-state index in [0.29, 0.717) is 43.5 Å². The Morgan fingerprint density at radius 1 is 1.50 bits per heavy atom. The van der Waals surface area contributed by atoms with Gasteiger partial charge in [0.2, 0.25) is 0 Å². The number of rotatable bonds is 0. The summed E-state index contributed by atoms with van der Waals surface area (Å²) in [5.74, 6) is 1.19. The van der Waals surface area contributed by atoms with Crippen molar-refractivity contribution in [3.8, 4) is 11.8 Å². The maximum atomic E-state index is 12.2. The van der Waals surface area contributed by atoms with Crippen molar-refractivity contribution < 1.29 is 14.3 Å². The molecule has 0 spiro atoms. The predicted octanol–water partition coefficient (Wildman–Crippen LogP) is 1.35. The highest BCUT2D eigenvalue weighted by Gasteiger charge is 2.37. The normalized spacial score (nSPS) is 19.7. The first-order chi connectivity index (χ1) is 11.3. The summed E-state index contributed by atoms with van der Waals surface area (Å²) in [4.78, 5) is 20.3. The van der Waals surface area contributed by atoms with Gasteiger partial charge in [-0.2, -0.15) is 5.26 Å². The molecule has 0 aliphatic carbocycles. The fraction of sp³-hybridized carbons (Fsp3) is 0.562. The third-order valence-electron chi connectivity index (χ3n) is 3.94. The van der Waals surface area contributed by atoms with E-state index in [1.807, 2.05) is 26.8 Å². The van der Waals surface area contributed by atoms with Crippen LogP contribution in [0.5, 0.6) is 5.75 Å². The van der Waals surface area contributed by atoms with Crippen LogP contribution in [0.1, 0.15) is 26.5 Å². The minimum absolute atomic E-state index is 0.0264. The van der Waals surface area contributed by atoms with Crippen molar-refractivity contribution in [2.75, 3.05) is 36.9 Å². The van der Waals surface area contributed by atoms with E-state index < -0.39 is 5.60 Å². The molecule has 1 amide bonds. The molecular weight excluding hydrogens is 310 g/mol. The number of nitrogen functional groups attached to an aromatic ring is 1. The van der Waals surface area contributed by atoms with Crippen LogP contribution in [0.2, 0.25) is 0 Å². The molecule has 2 N–H and O–H groups in total. The molecule has 1 aromatic heterocycles. The van der Waals surface area contributed by atoms with Crippen molar-refractivity contribution in [3.05, 3.63) is 11.8 Å². The van der Waals surface area contributed by atoms with Crippen LogP contribution in [0.15, 0.2) is 6.07 Å². The van der Waals surface area contributed by atoms with Crippen LogP contribution in [0.4, 0.5) is 16.3 Å². The van der Waals surface area contributed by atoms with Gasteiger partial charge in [0.1, 0.15) is 18.3 Å². The summed E-state index contributed by atoms with van der Waals surface area (Å²) in [5.41, 5.74) is 5.76. The van der Waals surface area contributed by atoms with Gasteiger partial charge in [-0.05, 0) is 20.8 Å². The molecule has 8 heteroatoms. The number of carbonyl (C=O) groups is 1. The molecule has 1 aromatic rings. The quantitative estimate of drug-likeness (QED) is 0.765. The van der Waals surface area contributed by atoms with Gasteiger partial charge in [-0.25, -0.2) is 9.78 Å². The van der Waals surface area contributed by atoms with Gasteiger partial charge < -0.3 is 25.0 Å². The SMILES string of the molecule is CC(C)(C)OC(=O)N1CCN2c3nc(C#N)c(N)cc3OC[C@H]2C1. The third-order valence-corrected chi connectivity index (χ3v) is 3.94. The molecule has 1 fully saturated rings. The first-order valence-corrected chi connectivity index (χ1v) is 7.86. The standard InChI is InChI=1S/C16H21N5O3/c1-16(2,3)24-15(22)20-4-5-21-10(8-20)9-23-13-6-11(18)12(7-17)19-14(13)21/h6,10H,4-5,8-9,18H2,1-3H3/t10-/m1/s1. The van der Waals surface area contributed by atoms with Gasteiger partial charge >= 0.3 is 6.09 Å². The van der Waals surface area contributed by atoms with Crippen LogP contribution in [-0.4, -0.2) is 53.9 Å².